The molecule has 1 saturated heterocycles. The third kappa shape index (κ3) is 6.45. The van der Waals surface area contributed by atoms with Gasteiger partial charge in [-0.25, -0.2) is 0 Å². The van der Waals surface area contributed by atoms with E-state index < -0.39 is 0 Å². The first-order valence-electron chi connectivity index (χ1n) is 12.2. The zero-order valence-corrected chi connectivity index (χ0v) is 19.8. The zero-order chi connectivity index (χ0) is 23.7. The average molecular weight is 473 g/mol. The maximum atomic E-state index is 6.51. The average Bonchev–Trinajstić information content (AvgIpc) is 2.92. The molecule has 2 aliphatic heterocycles. The molecule has 0 saturated carbocycles. The molecule has 5 heteroatoms. The lowest BCUT2D eigenvalue weighted by atomic mass is 9.93. The Morgan fingerprint density at radius 1 is 0.657 bits per heavy atom. The van der Waals surface area contributed by atoms with Crippen LogP contribution < -0.4 is 0 Å². The Morgan fingerprint density at radius 2 is 1.20 bits per heavy atom. The molecule has 0 amide bonds. The molecule has 1 fully saturated rings. The molecule has 5 atom stereocenters. The van der Waals surface area contributed by atoms with Crippen molar-refractivity contribution < 1.29 is 23.7 Å². The molecule has 0 aliphatic carbocycles. The largest absolute Gasteiger partial charge is 0.374 e. The molecule has 3 aromatic carbocycles. The molecular weight excluding hydrogens is 440 g/mol. The van der Waals surface area contributed by atoms with Crippen molar-refractivity contribution in [2.75, 3.05) is 13.2 Å². The summed E-state index contributed by atoms with van der Waals surface area (Å²) in [6.45, 7) is 2.39. The first-order valence-corrected chi connectivity index (χ1v) is 12.2. The van der Waals surface area contributed by atoms with Crippen LogP contribution >= 0.6 is 0 Å². The summed E-state index contributed by atoms with van der Waals surface area (Å²) in [4.78, 5) is 0. The molecule has 3 aromatic rings. The normalized spacial score (nSPS) is 25.8. The molecule has 0 radical (unpaired) electrons. The molecule has 0 N–H and O–H groups in total. The molecule has 5 nitrogen and oxygen atoms in total. The van der Waals surface area contributed by atoms with Gasteiger partial charge in [0, 0.05) is 0 Å². The topological polar surface area (TPSA) is 46.2 Å². The van der Waals surface area contributed by atoms with E-state index in [1.165, 1.54) is 0 Å². The van der Waals surface area contributed by atoms with E-state index in [0.29, 0.717) is 33.0 Å². The highest BCUT2D eigenvalue weighted by Crippen LogP contribution is 2.32. The van der Waals surface area contributed by atoms with Crippen LogP contribution in [0.25, 0.3) is 0 Å². The van der Waals surface area contributed by atoms with Crippen molar-refractivity contribution in [1.82, 2.24) is 0 Å². The summed E-state index contributed by atoms with van der Waals surface area (Å²) in [5.74, 6) is 0. The van der Waals surface area contributed by atoms with Gasteiger partial charge in [0.25, 0.3) is 0 Å². The second-order valence-corrected chi connectivity index (χ2v) is 8.89. The minimum absolute atomic E-state index is 0.202. The van der Waals surface area contributed by atoms with E-state index >= 15 is 0 Å². The molecule has 2 heterocycles. The highest BCUT2D eigenvalue weighted by Gasteiger charge is 2.48. The monoisotopic (exact) mass is 472 g/mol. The molecular formula is C30H32O5. The van der Waals surface area contributed by atoms with Crippen molar-refractivity contribution in [3.8, 4) is 0 Å². The second kappa shape index (κ2) is 12.2. The van der Waals surface area contributed by atoms with Gasteiger partial charge in [0.2, 0.25) is 0 Å². The van der Waals surface area contributed by atoms with E-state index in [4.69, 9.17) is 23.7 Å². The van der Waals surface area contributed by atoms with Crippen molar-refractivity contribution in [3.05, 3.63) is 120 Å². The summed E-state index contributed by atoms with van der Waals surface area (Å²) in [6.07, 6.45) is 2.69. The van der Waals surface area contributed by atoms with Gasteiger partial charge in [-0.05, 0) is 16.7 Å². The van der Waals surface area contributed by atoms with E-state index in [-0.39, 0.29) is 30.5 Å². The lowest BCUT2D eigenvalue weighted by Crippen LogP contribution is -2.61. The van der Waals surface area contributed by atoms with Gasteiger partial charge < -0.3 is 23.7 Å². The number of hydrogen-bond acceptors (Lipinski definition) is 5. The summed E-state index contributed by atoms with van der Waals surface area (Å²) in [5.41, 5.74) is 3.34. The standard InChI is InChI=1S/C30H32O5/c1-4-11-23(12-5-1)19-31-22-27-29(33-20-24-13-6-2-7-14-24)30(28-26(35-27)17-10-18-32-28)34-21-25-15-8-3-9-16-25/h1-17,26-30H,18-22H2/t26-,27-,28+,29-,30-/m1/s1. The third-order valence-electron chi connectivity index (χ3n) is 6.34. The Hall–Kier alpha value is -2.80. The van der Waals surface area contributed by atoms with Crippen molar-refractivity contribution in [1.29, 1.82) is 0 Å². The number of benzene rings is 3. The second-order valence-electron chi connectivity index (χ2n) is 8.89. The van der Waals surface area contributed by atoms with Crippen LogP contribution in [0.4, 0.5) is 0 Å². The Morgan fingerprint density at radius 3 is 1.80 bits per heavy atom. The quantitative estimate of drug-likeness (QED) is 0.385. The van der Waals surface area contributed by atoms with Crippen LogP contribution in [0, 0.1) is 0 Å². The van der Waals surface area contributed by atoms with Crippen molar-refractivity contribution in [3.63, 3.8) is 0 Å². The molecule has 2 aliphatic rings. The first kappa shape index (κ1) is 23.9. The lowest BCUT2D eigenvalue weighted by Gasteiger charge is -2.46. The maximum absolute atomic E-state index is 6.51. The molecule has 0 aromatic heterocycles. The predicted molar refractivity (Wildman–Crippen MR) is 134 cm³/mol. The summed E-state index contributed by atoms with van der Waals surface area (Å²) >= 11 is 0. The van der Waals surface area contributed by atoms with Gasteiger partial charge in [-0.15, -0.1) is 0 Å². The lowest BCUT2D eigenvalue weighted by molar-refractivity contribution is -0.262. The highest BCUT2D eigenvalue weighted by molar-refractivity contribution is 5.16. The smallest absolute Gasteiger partial charge is 0.116 e. The summed E-state index contributed by atoms with van der Waals surface area (Å²) < 4.78 is 31.7. The van der Waals surface area contributed by atoms with Crippen LogP contribution in [0.2, 0.25) is 0 Å². The van der Waals surface area contributed by atoms with E-state index in [2.05, 4.69) is 42.5 Å². The van der Waals surface area contributed by atoms with Crippen molar-refractivity contribution in [2.24, 2.45) is 0 Å². The molecule has 0 spiro atoms. The fraction of sp³-hybridized carbons (Fsp3) is 0.333. The van der Waals surface area contributed by atoms with E-state index in [1.54, 1.807) is 0 Å². The van der Waals surface area contributed by atoms with Gasteiger partial charge in [0.05, 0.1) is 33.0 Å². The highest BCUT2D eigenvalue weighted by atomic mass is 16.6. The fourth-order valence-electron chi connectivity index (χ4n) is 4.57. The number of hydrogen-bond donors (Lipinski definition) is 0. The SMILES string of the molecule is C1=C[C@H]2O[C@H](COCc3ccccc3)[C@@H](OCc3ccccc3)[C@H](OCc3ccccc3)[C@H]2OC1. The van der Waals surface area contributed by atoms with Gasteiger partial charge in [0.1, 0.15) is 30.5 Å². The Balaban J connectivity index is 1.33. The molecule has 0 bridgehead atoms. The van der Waals surface area contributed by atoms with Gasteiger partial charge in [0.15, 0.2) is 0 Å². The van der Waals surface area contributed by atoms with Gasteiger partial charge in [-0.1, -0.05) is 103 Å². The van der Waals surface area contributed by atoms with Crippen LogP contribution in [0.1, 0.15) is 16.7 Å². The van der Waals surface area contributed by atoms with Crippen LogP contribution in [0.15, 0.2) is 103 Å². The minimum Gasteiger partial charge on any atom is -0.374 e. The molecule has 5 rings (SSSR count). The zero-order valence-electron chi connectivity index (χ0n) is 19.8. The first-order chi connectivity index (χ1) is 17.4. The Labute approximate surface area is 207 Å². The van der Waals surface area contributed by atoms with E-state index in [1.807, 2.05) is 60.7 Å². The van der Waals surface area contributed by atoms with Crippen molar-refractivity contribution >= 4 is 0 Å². The van der Waals surface area contributed by atoms with Crippen LogP contribution in [0.3, 0.4) is 0 Å². The molecule has 0 unspecified atom stereocenters. The Kier molecular flexibility index (Phi) is 8.37. The van der Waals surface area contributed by atoms with E-state index in [9.17, 15) is 0 Å². The van der Waals surface area contributed by atoms with Gasteiger partial charge in [-0.2, -0.15) is 0 Å². The van der Waals surface area contributed by atoms with Gasteiger partial charge >= 0.3 is 0 Å². The fourth-order valence-corrected chi connectivity index (χ4v) is 4.57. The minimum atomic E-state index is -0.345. The van der Waals surface area contributed by atoms with Crippen LogP contribution in [0.5, 0.6) is 0 Å². The summed E-state index contributed by atoms with van der Waals surface area (Å²) in [5, 5.41) is 0. The van der Waals surface area contributed by atoms with Crippen LogP contribution in [-0.4, -0.2) is 43.7 Å². The maximum Gasteiger partial charge on any atom is 0.116 e. The number of rotatable bonds is 10. The van der Waals surface area contributed by atoms with E-state index in [0.717, 1.165) is 16.7 Å². The van der Waals surface area contributed by atoms with Crippen LogP contribution in [-0.2, 0) is 43.5 Å². The summed E-state index contributed by atoms with van der Waals surface area (Å²) in [6, 6.07) is 30.5. The number of ether oxygens (including phenoxy) is 5. The number of fused-ring (bicyclic) bond motifs is 1. The van der Waals surface area contributed by atoms with Gasteiger partial charge in [-0.3, -0.25) is 0 Å². The van der Waals surface area contributed by atoms with Crippen molar-refractivity contribution in [2.45, 2.75) is 50.3 Å². The third-order valence-corrected chi connectivity index (χ3v) is 6.34. The Bertz CT molecular complexity index is 1040. The summed E-state index contributed by atoms with van der Waals surface area (Å²) in [7, 11) is 0. The predicted octanol–water partition coefficient (Wildman–Crippen LogP) is 5.10. The molecule has 35 heavy (non-hydrogen) atoms. The molecule has 182 valence electrons.